The van der Waals surface area contributed by atoms with Gasteiger partial charge >= 0.3 is 6.18 Å². The lowest BCUT2D eigenvalue weighted by Crippen LogP contribution is -2.07. The van der Waals surface area contributed by atoms with Gasteiger partial charge in [-0.3, -0.25) is 10.2 Å². The molecule has 0 amide bonds. The molecule has 96 valence electrons. The number of aromatic amines is 2. The molecule has 0 aliphatic heterocycles. The fraction of sp³-hybridized carbons (Fsp3) is 0.500. The maximum atomic E-state index is 12.4. The third-order valence-electron chi connectivity index (χ3n) is 3.02. The van der Waals surface area contributed by atoms with Gasteiger partial charge in [0.25, 0.3) is 0 Å². The van der Waals surface area contributed by atoms with Gasteiger partial charge < -0.3 is 0 Å². The number of rotatable bonds is 1. The summed E-state index contributed by atoms with van der Waals surface area (Å²) in [5.74, 6) is -1.09. The van der Waals surface area contributed by atoms with E-state index in [-0.39, 0.29) is 5.82 Å². The summed E-state index contributed by atoms with van der Waals surface area (Å²) in [5.41, 5.74) is 2.35. The summed E-state index contributed by atoms with van der Waals surface area (Å²) in [6, 6.07) is 0. The summed E-state index contributed by atoms with van der Waals surface area (Å²) in [7, 11) is 0. The van der Waals surface area contributed by atoms with Crippen LogP contribution in [0.2, 0.25) is 0 Å². The fourth-order valence-electron chi connectivity index (χ4n) is 2.16. The Morgan fingerprint density at radius 2 is 1.78 bits per heavy atom. The first kappa shape index (κ1) is 11.2. The molecule has 1 aliphatic rings. The molecule has 0 radical (unpaired) electrons. The Morgan fingerprint density at radius 3 is 2.50 bits per heavy atom. The van der Waals surface area contributed by atoms with E-state index >= 15 is 0 Å². The lowest BCUT2D eigenvalue weighted by molar-refractivity contribution is -0.144. The molecule has 0 aromatic carbocycles. The van der Waals surface area contributed by atoms with Crippen molar-refractivity contribution in [3.63, 3.8) is 0 Å². The van der Waals surface area contributed by atoms with Crippen molar-refractivity contribution in [2.24, 2.45) is 0 Å². The smallest absolute Gasteiger partial charge is 0.282 e. The minimum absolute atomic E-state index is 0.00160. The van der Waals surface area contributed by atoms with E-state index in [1.54, 1.807) is 0 Å². The minimum atomic E-state index is -4.51. The average molecular weight is 257 g/mol. The normalized spacial score (nSPS) is 15.7. The Balaban J connectivity index is 2.00. The Morgan fingerprint density at radius 1 is 1.00 bits per heavy atom. The molecular formula is C10H10F3N5. The Bertz CT molecular complexity index is 568. The van der Waals surface area contributed by atoms with Crippen LogP contribution in [-0.2, 0) is 19.0 Å². The van der Waals surface area contributed by atoms with Crippen molar-refractivity contribution in [3.05, 3.63) is 17.1 Å². The minimum Gasteiger partial charge on any atom is -0.282 e. The van der Waals surface area contributed by atoms with Gasteiger partial charge in [0, 0.05) is 11.3 Å². The molecule has 2 aromatic heterocycles. The molecule has 2 heterocycles. The van der Waals surface area contributed by atoms with E-state index in [2.05, 4.69) is 20.3 Å². The van der Waals surface area contributed by atoms with Crippen LogP contribution in [0.25, 0.3) is 11.5 Å². The van der Waals surface area contributed by atoms with Gasteiger partial charge in [0.1, 0.15) is 5.69 Å². The van der Waals surface area contributed by atoms with Crippen molar-refractivity contribution in [1.29, 1.82) is 0 Å². The quantitative estimate of drug-likeness (QED) is 0.821. The fourth-order valence-corrected chi connectivity index (χ4v) is 2.16. The molecule has 2 N–H and O–H groups in total. The highest BCUT2D eigenvalue weighted by atomic mass is 19.4. The Kier molecular flexibility index (Phi) is 2.39. The largest absolute Gasteiger partial charge is 0.451 e. The molecule has 2 aromatic rings. The molecule has 18 heavy (non-hydrogen) atoms. The maximum Gasteiger partial charge on any atom is 0.451 e. The van der Waals surface area contributed by atoms with E-state index in [1.165, 1.54) is 0 Å². The predicted octanol–water partition coefficient (Wildman–Crippen LogP) is 2.09. The summed E-state index contributed by atoms with van der Waals surface area (Å²) in [5, 5.41) is 12.4. The van der Waals surface area contributed by atoms with Gasteiger partial charge in [-0.25, -0.2) is 4.98 Å². The standard InChI is InChI=1S/C10H10F3N5/c11-10(12,13)9-14-8(17-18-9)7-5-3-1-2-4-6(5)15-16-7/h1-4H2,(H,15,16)(H,14,17,18). The molecule has 0 spiro atoms. The van der Waals surface area contributed by atoms with Gasteiger partial charge in [0.05, 0.1) is 0 Å². The first-order valence-electron chi connectivity index (χ1n) is 5.62. The van der Waals surface area contributed by atoms with Crippen molar-refractivity contribution in [2.75, 3.05) is 0 Å². The van der Waals surface area contributed by atoms with Crippen molar-refractivity contribution < 1.29 is 13.2 Å². The van der Waals surface area contributed by atoms with Crippen LogP contribution in [0.5, 0.6) is 0 Å². The van der Waals surface area contributed by atoms with Gasteiger partial charge in [-0.1, -0.05) is 0 Å². The molecule has 0 unspecified atom stereocenters. The number of H-pyrrole nitrogens is 2. The van der Waals surface area contributed by atoms with Crippen LogP contribution in [0, 0.1) is 0 Å². The van der Waals surface area contributed by atoms with Crippen molar-refractivity contribution >= 4 is 0 Å². The Labute approximate surface area is 99.8 Å². The molecule has 0 bridgehead atoms. The third kappa shape index (κ3) is 1.77. The summed E-state index contributed by atoms with van der Waals surface area (Å²) in [6.07, 6.45) is -0.760. The van der Waals surface area contributed by atoms with Crippen LogP contribution in [0.4, 0.5) is 13.2 Å². The highest BCUT2D eigenvalue weighted by molar-refractivity contribution is 5.56. The summed E-state index contributed by atoms with van der Waals surface area (Å²) in [6.45, 7) is 0. The van der Waals surface area contributed by atoms with Gasteiger partial charge in [0.2, 0.25) is 11.6 Å². The lowest BCUT2D eigenvalue weighted by atomic mass is 9.96. The van der Waals surface area contributed by atoms with E-state index in [1.807, 2.05) is 5.10 Å². The number of aromatic nitrogens is 5. The number of nitrogens with zero attached hydrogens (tertiary/aromatic N) is 3. The average Bonchev–Trinajstić information content (AvgIpc) is 2.94. The number of fused-ring (bicyclic) bond motifs is 1. The van der Waals surface area contributed by atoms with Crippen LogP contribution in [-0.4, -0.2) is 25.4 Å². The Hall–Kier alpha value is -1.86. The lowest BCUT2D eigenvalue weighted by Gasteiger charge is -2.09. The topological polar surface area (TPSA) is 70.2 Å². The van der Waals surface area contributed by atoms with Crippen LogP contribution < -0.4 is 0 Å². The zero-order valence-electron chi connectivity index (χ0n) is 9.30. The number of halogens is 3. The SMILES string of the molecule is FC(F)(F)c1nc(-c2n[nH]c3c2CCCC3)n[nH]1. The molecule has 0 saturated carbocycles. The highest BCUT2D eigenvalue weighted by Gasteiger charge is 2.36. The first-order valence-corrected chi connectivity index (χ1v) is 5.62. The van der Waals surface area contributed by atoms with Gasteiger partial charge in [0.15, 0.2) is 0 Å². The number of hydrogen-bond donors (Lipinski definition) is 2. The highest BCUT2D eigenvalue weighted by Crippen LogP contribution is 2.30. The van der Waals surface area contributed by atoms with Crippen LogP contribution >= 0.6 is 0 Å². The monoisotopic (exact) mass is 257 g/mol. The number of alkyl halides is 3. The molecule has 1 aliphatic carbocycles. The van der Waals surface area contributed by atoms with Crippen molar-refractivity contribution in [3.8, 4) is 11.5 Å². The number of hydrogen-bond acceptors (Lipinski definition) is 3. The second kappa shape index (κ2) is 3.82. The summed E-state index contributed by atoms with van der Waals surface area (Å²) < 4.78 is 37.3. The molecule has 3 rings (SSSR count). The second-order valence-corrected chi connectivity index (χ2v) is 4.24. The first-order chi connectivity index (χ1) is 8.55. The van der Waals surface area contributed by atoms with Gasteiger partial charge in [-0.05, 0) is 25.7 Å². The molecule has 0 atom stereocenters. The van der Waals surface area contributed by atoms with Gasteiger partial charge in [-0.2, -0.15) is 23.4 Å². The maximum absolute atomic E-state index is 12.4. The second-order valence-electron chi connectivity index (χ2n) is 4.24. The zero-order chi connectivity index (χ0) is 12.8. The molecule has 0 saturated heterocycles. The predicted molar refractivity (Wildman–Crippen MR) is 55.6 cm³/mol. The van der Waals surface area contributed by atoms with Gasteiger partial charge in [-0.15, -0.1) is 0 Å². The van der Waals surface area contributed by atoms with E-state index in [9.17, 15) is 13.2 Å². The summed E-state index contributed by atoms with van der Waals surface area (Å²) in [4.78, 5) is 3.46. The van der Waals surface area contributed by atoms with Crippen LogP contribution in [0.15, 0.2) is 0 Å². The molecule has 8 heteroatoms. The van der Waals surface area contributed by atoms with E-state index in [0.717, 1.165) is 36.9 Å². The van der Waals surface area contributed by atoms with E-state index in [4.69, 9.17) is 0 Å². The van der Waals surface area contributed by atoms with E-state index < -0.39 is 12.0 Å². The number of nitrogens with one attached hydrogen (secondary N) is 2. The zero-order valence-corrected chi connectivity index (χ0v) is 9.30. The molecular weight excluding hydrogens is 247 g/mol. The van der Waals surface area contributed by atoms with Crippen LogP contribution in [0.3, 0.4) is 0 Å². The van der Waals surface area contributed by atoms with E-state index in [0.29, 0.717) is 5.69 Å². The molecule has 0 fully saturated rings. The van der Waals surface area contributed by atoms with Crippen LogP contribution in [0.1, 0.15) is 29.9 Å². The third-order valence-corrected chi connectivity index (χ3v) is 3.02. The summed E-state index contributed by atoms with van der Waals surface area (Å²) >= 11 is 0. The van der Waals surface area contributed by atoms with Crippen molar-refractivity contribution in [2.45, 2.75) is 31.9 Å². The number of aryl methyl sites for hydroxylation is 1. The molecule has 5 nitrogen and oxygen atoms in total. The van der Waals surface area contributed by atoms with Crippen molar-refractivity contribution in [1.82, 2.24) is 25.4 Å².